The Morgan fingerprint density at radius 1 is 1.13 bits per heavy atom. The first-order valence-corrected chi connectivity index (χ1v) is 10.3. The zero-order valence-corrected chi connectivity index (χ0v) is 19.0. The zero-order chi connectivity index (χ0) is 22.6. The van der Waals surface area contributed by atoms with E-state index in [4.69, 9.17) is 14.6 Å². The Morgan fingerprint density at radius 3 is 2.39 bits per heavy atom. The Morgan fingerprint density at radius 2 is 1.84 bits per heavy atom. The number of carbonyl (C=O) groups excluding carboxylic acids is 1. The van der Waals surface area contributed by atoms with Crippen molar-refractivity contribution in [2.45, 2.75) is 52.7 Å². The van der Waals surface area contributed by atoms with Crippen LogP contribution in [-0.4, -0.2) is 33.6 Å². The van der Waals surface area contributed by atoms with Crippen molar-refractivity contribution in [1.29, 1.82) is 0 Å². The summed E-state index contributed by atoms with van der Waals surface area (Å²) in [6, 6.07) is 13.9. The van der Waals surface area contributed by atoms with Crippen LogP contribution in [0.5, 0.6) is 5.88 Å². The molecule has 0 saturated heterocycles. The van der Waals surface area contributed by atoms with Gasteiger partial charge in [0.2, 0.25) is 5.88 Å². The first-order chi connectivity index (χ1) is 14.7. The minimum Gasteiger partial charge on any atom is -0.481 e. The number of amides is 1. The van der Waals surface area contributed by atoms with Crippen molar-refractivity contribution in [3.05, 3.63) is 59.9 Å². The van der Waals surface area contributed by atoms with Gasteiger partial charge in [-0.1, -0.05) is 38.1 Å². The second-order valence-corrected chi connectivity index (χ2v) is 8.63. The van der Waals surface area contributed by atoms with Crippen LogP contribution in [0.2, 0.25) is 0 Å². The van der Waals surface area contributed by atoms with Gasteiger partial charge in [0.15, 0.2) is 0 Å². The van der Waals surface area contributed by atoms with Crippen molar-refractivity contribution in [3.8, 4) is 22.8 Å². The van der Waals surface area contributed by atoms with Crippen LogP contribution in [-0.2, 0) is 11.3 Å². The molecule has 2 aromatic heterocycles. The smallest absolute Gasteiger partial charge is 0.407 e. The molecule has 0 aliphatic rings. The Hall–Kier alpha value is -3.35. The summed E-state index contributed by atoms with van der Waals surface area (Å²) in [5.74, 6) is 0.854. The Bertz CT molecular complexity index is 1020. The number of hydrogen-bond donors (Lipinski definition) is 1. The van der Waals surface area contributed by atoms with Gasteiger partial charge in [-0.2, -0.15) is 5.10 Å². The Labute approximate surface area is 183 Å². The molecule has 1 aromatic carbocycles. The van der Waals surface area contributed by atoms with Crippen LogP contribution in [0.25, 0.3) is 16.9 Å². The van der Waals surface area contributed by atoms with Crippen molar-refractivity contribution >= 4 is 6.09 Å². The molecule has 164 valence electrons. The van der Waals surface area contributed by atoms with Gasteiger partial charge in [-0.05, 0) is 44.4 Å². The molecule has 0 radical (unpaired) electrons. The van der Waals surface area contributed by atoms with Gasteiger partial charge in [0, 0.05) is 18.2 Å². The highest BCUT2D eigenvalue weighted by molar-refractivity contribution is 5.68. The van der Waals surface area contributed by atoms with Crippen molar-refractivity contribution < 1.29 is 14.3 Å². The first-order valence-electron chi connectivity index (χ1n) is 10.3. The Balaban J connectivity index is 1.82. The van der Waals surface area contributed by atoms with Crippen molar-refractivity contribution in [2.75, 3.05) is 7.11 Å². The number of alkyl carbamates (subject to hydrolysis) is 1. The summed E-state index contributed by atoms with van der Waals surface area (Å²) in [7, 11) is 1.59. The van der Waals surface area contributed by atoms with Crippen LogP contribution in [0.4, 0.5) is 4.79 Å². The fourth-order valence-electron chi connectivity index (χ4n) is 2.98. The molecule has 2 heterocycles. The van der Waals surface area contributed by atoms with Crippen molar-refractivity contribution in [2.24, 2.45) is 0 Å². The number of carbonyl (C=O) groups is 1. The van der Waals surface area contributed by atoms with Crippen LogP contribution >= 0.6 is 0 Å². The largest absolute Gasteiger partial charge is 0.481 e. The molecule has 0 fully saturated rings. The number of methoxy groups -OCH3 is 1. The number of nitrogens with one attached hydrogen (secondary N) is 1. The lowest BCUT2D eigenvalue weighted by molar-refractivity contribution is 0.0523. The summed E-state index contributed by atoms with van der Waals surface area (Å²) in [5.41, 5.74) is 4.32. The molecule has 0 aliphatic carbocycles. The number of rotatable bonds is 6. The highest BCUT2D eigenvalue weighted by Crippen LogP contribution is 2.27. The van der Waals surface area contributed by atoms with Crippen LogP contribution in [0.3, 0.4) is 0 Å². The average molecular weight is 423 g/mol. The first kappa shape index (κ1) is 22.3. The summed E-state index contributed by atoms with van der Waals surface area (Å²) in [4.78, 5) is 16.2. The predicted molar refractivity (Wildman–Crippen MR) is 121 cm³/mol. The van der Waals surface area contributed by atoms with E-state index in [1.807, 2.05) is 61.9 Å². The normalized spacial score (nSPS) is 11.5. The monoisotopic (exact) mass is 422 g/mol. The van der Waals surface area contributed by atoms with Gasteiger partial charge in [0.1, 0.15) is 5.60 Å². The molecule has 0 spiro atoms. The van der Waals surface area contributed by atoms with E-state index in [1.54, 1.807) is 13.3 Å². The van der Waals surface area contributed by atoms with Crippen LogP contribution < -0.4 is 10.1 Å². The molecule has 0 saturated carbocycles. The predicted octanol–water partition coefficient (Wildman–Crippen LogP) is 5.09. The lowest BCUT2D eigenvalue weighted by Crippen LogP contribution is -2.32. The van der Waals surface area contributed by atoms with Gasteiger partial charge in [-0.15, -0.1) is 0 Å². The molecular weight excluding hydrogens is 392 g/mol. The molecular formula is C24H30N4O3. The summed E-state index contributed by atoms with van der Waals surface area (Å²) >= 11 is 0. The number of pyridine rings is 1. The van der Waals surface area contributed by atoms with E-state index in [0.717, 1.165) is 28.2 Å². The highest BCUT2D eigenvalue weighted by Gasteiger charge is 2.16. The molecule has 0 atom stereocenters. The molecule has 1 N–H and O–H groups in total. The SMILES string of the molecule is COc1ccc(-n2nc(C(C)C)cc2-c2ccc(CNC(=O)OC(C)(C)C)cc2)cn1. The molecule has 1 amide bonds. The van der Waals surface area contributed by atoms with Gasteiger partial charge in [0.05, 0.1) is 30.4 Å². The third-order valence-electron chi connectivity index (χ3n) is 4.58. The van der Waals surface area contributed by atoms with E-state index in [2.05, 4.69) is 30.2 Å². The van der Waals surface area contributed by atoms with Gasteiger partial charge in [0.25, 0.3) is 0 Å². The number of benzene rings is 1. The van der Waals surface area contributed by atoms with E-state index in [0.29, 0.717) is 18.3 Å². The van der Waals surface area contributed by atoms with Crippen LogP contribution in [0.1, 0.15) is 51.8 Å². The number of aromatic nitrogens is 3. The van der Waals surface area contributed by atoms with Crippen molar-refractivity contribution in [3.63, 3.8) is 0 Å². The highest BCUT2D eigenvalue weighted by atomic mass is 16.6. The number of hydrogen-bond acceptors (Lipinski definition) is 5. The number of ether oxygens (including phenoxy) is 2. The lowest BCUT2D eigenvalue weighted by atomic mass is 10.1. The molecule has 0 unspecified atom stereocenters. The van der Waals surface area contributed by atoms with Gasteiger partial charge in [-0.25, -0.2) is 14.5 Å². The standard InChI is InChI=1S/C24H30N4O3/c1-16(2)20-13-21(28(27-20)19-11-12-22(30-6)25-15-19)18-9-7-17(8-10-18)14-26-23(29)31-24(3,4)5/h7-13,15-16H,14H2,1-6H3,(H,26,29). The molecule has 0 aliphatic heterocycles. The van der Waals surface area contributed by atoms with Crippen molar-refractivity contribution in [1.82, 2.24) is 20.1 Å². The maximum absolute atomic E-state index is 11.9. The second-order valence-electron chi connectivity index (χ2n) is 8.63. The van der Waals surface area contributed by atoms with E-state index in [9.17, 15) is 4.79 Å². The minimum absolute atomic E-state index is 0.295. The fourth-order valence-corrected chi connectivity index (χ4v) is 2.98. The third-order valence-corrected chi connectivity index (χ3v) is 4.58. The summed E-state index contributed by atoms with van der Waals surface area (Å²) in [6.45, 7) is 10.2. The Kier molecular flexibility index (Phi) is 6.63. The van der Waals surface area contributed by atoms with E-state index in [1.165, 1.54) is 0 Å². The summed E-state index contributed by atoms with van der Waals surface area (Å²) in [6.07, 6.45) is 1.32. The zero-order valence-electron chi connectivity index (χ0n) is 19.0. The molecule has 7 nitrogen and oxygen atoms in total. The summed E-state index contributed by atoms with van der Waals surface area (Å²) < 4.78 is 12.3. The maximum atomic E-state index is 11.9. The van der Waals surface area contributed by atoms with E-state index < -0.39 is 11.7 Å². The fraction of sp³-hybridized carbons (Fsp3) is 0.375. The molecule has 31 heavy (non-hydrogen) atoms. The molecule has 3 rings (SSSR count). The maximum Gasteiger partial charge on any atom is 0.407 e. The van der Waals surface area contributed by atoms with Crippen LogP contribution in [0, 0.1) is 0 Å². The van der Waals surface area contributed by atoms with Crippen LogP contribution in [0.15, 0.2) is 48.7 Å². The van der Waals surface area contributed by atoms with Gasteiger partial charge >= 0.3 is 6.09 Å². The topological polar surface area (TPSA) is 78.3 Å². The van der Waals surface area contributed by atoms with Gasteiger partial charge < -0.3 is 14.8 Å². The molecule has 0 bridgehead atoms. The quantitative estimate of drug-likeness (QED) is 0.599. The molecule has 3 aromatic rings. The summed E-state index contributed by atoms with van der Waals surface area (Å²) in [5, 5.41) is 7.57. The third kappa shape index (κ3) is 5.84. The number of nitrogens with zero attached hydrogens (tertiary/aromatic N) is 3. The minimum atomic E-state index is -0.517. The lowest BCUT2D eigenvalue weighted by Gasteiger charge is -2.19. The molecule has 7 heteroatoms. The second kappa shape index (κ2) is 9.20. The van der Waals surface area contributed by atoms with E-state index >= 15 is 0 Å². The average Bonchev–Trinajstić information content (AvgIpc) is 3.17. The van der Waals surface area contributed by atoms with E-state index in [-0.39, 0.29) is 0 Å². The van der Waals surface area contributed by atoms with Gasteiger partial charge in [-0.3, -0.25) is 0 Å².